The lowest BCUT2D eigenvalue weighted by Gasteiger charge is -2.20. The normalized spacial score (nSPS) is 11.0. The maximum Gasteiger partial charge on any atom is 0.250 e. The molecule has 1 aromatic heterocycles. The average molecular weight is 515 g/mol. The molecule has 0 bridgehead atoms. The van der Waals surface area contributed by atoms with Gasteiger partial charge in [-0.15, -0.1) is 10.2 Å². The first-order valence-corrected chi connectivity index (χ1v) is 13.1. The molecule has 1 heterocycles. The number of ether oxygens (including phenoxy) is 1. The number of benzene rings is 3. The molecule has 0 atom stereocenters. The second-order valence-electron chi connectivity index (χ2n) is 8.05. The van der Waals surface area contributed by atoms with Gasteiger partial charge < -0.3 is 9.64 Å². The molecule has 0 radical (unpaired) electrons. The first kappa shape index (κ1) is 26.0. The SMILES string of the molecule is CCN(CC)c1ccc(/C=N/NC(=O)CSc2nnc(-c3ccccc3)n2-c2ccc(OC)cc2)cc1. The van der Waals surface area contributed by atoms with Crippen molar-refractivity contribution < 1.29 is 9.53 Å². The van der Waals surface area contributed by atoms with Crippen molar-refractivity contribution in [1.29, 1.82) is 0 Å². The van der Waals surface area contributed by atoms with Crippen LogP contribution in [-0.4, -0.2) is 52.8 Å². The van der Waals surface area contributed by atoms with Gasteiger partial charge in [0.2, 0.25) is 0 Å². The van der Waals surface area contributed by atoms with Gasteiger partial charge in [0.1, 0.15) is 5.75 Å². The van der Waals surface area contributed by atoms with Crippen molar-refractivity contribution in [3.8, 4) is 22.8 Å². The summed E-state index contributed by atoms with van der Waals surface area (Å²) in [4.78, 5) is 14.8. The third-order valence-electron chi connectivity index (χ3n) is 5.75. The average Bonchev–Trinajstić information content (AvgIpc) is 3.38. The first-order valence-electron chi connectivity index (χ1n) is 12.1. The molecule has 1 N–H and O–H groups in total. The van der Waals surface area contributed by atoms with Gasteiger partial charge in [-0.25, -0.2) is 5.43 Å². The zero-order valence-electron chi connectivity index (χ0n) is 21.2. The van der Waals surface area contributed by atoms with Crippen LogP contribution in [0.4, 0.5) is 5.69 Å². The van der Waals surface area contributed by atoms with Gasteiger partial charge in [-0.3, -0.25) is 9.36 Å². The number of methoxy groups -OCH3 is 1. The van der Waals surface area contributed by atoms with Crippen molar-refractivity contribution >= 4 is 29.6 Å². The molecule has 0 fully saturated rings. The molecule has 0 unspecified atom stereocenters. The Morgan fingerprint density at radius 1 is 1.00 bits per heavy atom. The zero-order valence-corrected chi connectivity index (χ0v) is 22.0. The van der Waals surface area contributed by atoms with Crippen LogP contribution in [0.1, 0.15) is 19.4 Å². The number of nitrogens with zero attached hydrogens (tertiary/aromatic N) is 5. The molecule has 0 spiro atoms. The quantitative estimate of drug-likeness (QED) is 0.172. The second-order valence-corrected chi connectivity index (χ2v) is 8.99. The predicted octanol–water partition coefficient (Wildman–Crippen LogP) is 5.03. The summed E-state index contributed by atoms with van der Waals surface area (Å²) in [5.41, 5.74) is 6.48. The minimum atomic E-state index is -0.230. The highest BCUT2D eigenvalue weighted by Gasteiger charge is 2.17. The van der Waals surface area contributed by atoms with Crippen LogP contribution >= 0.6 is 11.8 Å². The number of hydrogen-bond acceptors (Lipinski definition) is 7. The zero-order chi connectivity index (χ0) is 26.0. The highest BCUT2D eigenvalue weighted by Crippen LogP contribution is 2.28. The molecular formula is C28H30N6O2S. The van der Waals surface area contributed by atoms with E-state index in [4.69, 9.17) is 4.74 Å². The summed E-state index contributed by atoms with van der Waals surface area (Å²) >= 11 is 1.30. The van der Waals surface area contributed by atoms with Crippen LogP contribution in [0.5, 0.6) is 5.75 Å². The summed E-state index contributed by atoms with van der Waals surface area (Å²) in [5.74, 6) is 1.36. The lowest BCUT2D eigenvalue weighted by Crippen LogP contribution is -2.21. The monoisotopic (exact) mass is 514 g/mol. The Hall–Kier alpha value is -4.11. The number of hydrogen-bond donors (Lipinski definition) is 1. The van der Waals surface area contributed by atoms with E-state index >= 15 is 0 Å². The van der Waals surface area contributed by atoms with Crippen LogP contribution in [0.15, 0.2) is 89.1 Å². The molecule has 0 saturated carbocycles. The molecule has 0 saturated heterocycles. The topological polar surface area (TPSA) is 84.6 Å². The van der Waals surface area contributed by atoms with E-state index in [-0.39, 0.29) is 11.7 Å². The maximum atomic E-state index is 12.5. The Labute approximate surface area is 221 Å². The van der Waals surface area contributed by atoms with E-state index in [0.717, 1.165) is 35.7 Å². The predicted molar refractivity (Wildman–Crippen MR) is 150 cm³/mol. The summed E-state index contributed by atoms with van der Waals surface area (Å²) in [6, 6.07) is 25.6. The van der Waals surface area contributed by atoms with Crippen molar-refractivity contribution in [1.82, 2.24) is 20.2 Å². The summed E-state index contributed by atoms with van der Waals surface area (Å²) in [6.45, 7) is 6.18. The van der Waals surface area contributed by atoms with Gasteiger partial charge in [0.05, 0.1) is 19.1 Å². The van der Waals surface area contributed by atoms with E-state index in [9.17, 15) is 4.79 Å². The Bertz CT molecular complexity index is 1320. The number of anilines is 1. The van der Waals surface area contributed by atoms with Crippen LogP contribution < -0.4 is 15.1 Å². The molecule has 4 aromatic rings. The van der Waals surface area contributed by atoms with E-state index in [1.165, 1.54) is 17.4 Å². The third-order valence-corrected chi connectivity index (χ3v) is 6.68. The number of carbonyl (C=O) groups is 1. The van der Waals surface area contributed by atoms with Crippen LogP contribution in [0.3, 0.4) is 0 Å². The molecule has 9 heteroatoms. The standard InChI is InChI=1S/C28H30N6O2S/c1-4-33(5-2)23-13-11-21(12-14-23)19-29-30-26(35)20-37-28-32-31-27(22-9-7-6-8-10-22)34(28)24-15-17-25(36-3)18-16-24/h6-19H,4-5,20H2,1-3H3,(H,30,35)/b29-19+. The summed E-state index contributed by atoms with van der Waals surface area (Å²) < 4.78 is 7.23. The molecule has 0 aliphatic heterocycles. The molecule has 0 aliphatic carbocycles. The maximum absolute atomic E-state index is 12.5. The van der Waals surface area contributed by atoms with Crippen molar-refractivity contribution in [3.05, 3.63) is 84.4 Å². The number of hydrazone groups is 1. The van der Waals surface area contributed by atoms with Gasteiger partial charge in [-0.2, -0.15) is 5.10 Å². The summed E-state index contributed by atoms with van der Waals surface area (Å²) in [5, 5.41) is 13.5. The number of amides is 1. The van der Waals surface area contributed by atoms with Gasteiger partial charge in [-0.05, 0) is 55.8 Å². The minimum absolute atomic E-state index is 0.140. The highest BCUT2D eigenvalue weighted by atomic mass is 32.2. The minimum Gasteiger partial charge on any atom is -0.497 e. The Morgan fingerprint density at radius 3 is 2.35 bits per heavy atom. The van der Waals surface area contributed by atoms with Crippen LogP contribution in [-0.2, 0) is 4.79 Å². The van der Waals surface area contributed by atoms with Crippen molar-refractivity contribution in [2.75, 3.05) is 30.9 Å². The van der Waals surface area contributed by atoms with E-state index in [2.05, 4.69) is 51.6 Å². The number of carbonyl (C=O) groups excluding carboxylic acids is 1. The van der Waals surface area contributed by atoms with Crippen LogP contribution in [0, 0.1) is 0 Å². The van der Waals surface area contributed by atoms with E-state index < -0.39 is 0 Å². The molecule has 1 amide bonds. The number of rotatable bonds is 11. The molecule has 0 aliphatic rings. The van der Waals surface area contributed by atoms with Gasteiger partial charge in [-0.1, -0.05) is 54.2 Å². The Morgan fingerprint density at radius 2 is 1.70 bits per heavy atom. The third kappa shape index (κ3) is 6.56. The van der Waals surface area contributed by atoms with Gasteiger partial charge in [0, 0.05) is 30.0 Å². The van der Waals surface area contributed by atoms with Crippen LogP contribution in [0.2, 0.25) is 0 Å². The van der Waals surface area contributed by atoms with Gasteiger partial charge in [0.25, 0.3) is 5.91 Å². The summed E-state index contributed by atoms with van der Waals surface area (Å²) in [7, 11) is 1.63. The fraction of sp³-hybridized carbons (Fsp3) is 0.214. The van der Waals surface area contributed by atoms with Gasteiger partial charge >= 0.3 is 0 Å². The van der Waals surface area contributed by atoms with E-state index in [1.54, 1.807) is 13.3 Å². The molecule has 37 heavy (non-hydrogen) atoms. The van der Waals surface area contributed by atoms with E-state index in [1.807, 2.05) is 71.3 Å². The smallest absolute Gasteiger partial charge is 0.250 e. The fourth-order valence-electron chi connectivity index (χ4n) is 3.80. The second kappa shape index (κ2) is 12.7. The van der Waals surface area contributed by atoms with Crippen molar-refractivity contribution in [2.45, 2.75) is 19.0 Å². The van der Waals surface area contributed by atoms with Crippen molar-refractivity contribution in [3.63, 3.8) is 0 Å². The fourth-order valence-corrected chi connectivity index (χ4v) is 4.55. The number of nitrogens with one attached hydrogen (secondary N) is 1. The number of aromatic nitrogens is 3. The molecule has 4 rings (SSSR count). The van der Waals surface area contributed by atoms with E-state index in [0.29, 0.717) is 11.0 Å². The summed E-state index contributed by atoms with van der Waals surface area (Å²) in [6.07, 6.45) is 1.64. The lowest BCUT2D eigenvalue weighted by atomic mass is 10.2. The Balaban J connectivity index is 1.43. The van der Waals surface area contributed by atoms with Crippen molar-refractivity contribution in [2.24, 2.45) is 5.10 Å². The molecule has 8 nitrogen and oxygen atoms in total. The first-order chi connectivity index (χ1) is 18.1. The molecule has 190 valence electrons. The van der Waals surface area contributed by atoms with Crippen LogP contribution in [0.25, 0.3) is 17.1 Å². The molecular weight excluding hydrogens is 484 g/mol. The molecule has 3 aromatic carbocycles. The van der Waals surface area contributed by atoms with Gasteiger partial charge in [0.15, 0.2) is 11.0 Å². The lowest BCUT2D eigenvalue weighted by molar-refractivity contribution is -0.118. The Kier molecular flexibility index (Phi) is 8.93. The highest BCUT2D eigenvalue weighted by molar-refractivity contribution is 7.99. The largest absolute Gasteiger partial charge is 0.497 e. The number of thioether (sulfide) groups is 1.